The number of para-hydroxylation sites is 2. The minimum Gasteiger partial charge on any atom is -0.321 e. The summed E-state index contributed by atoms with van der Waals surface area (Å²) in [4.78, 5) is 45.6. The maximum Gasteiger partial charge on any atom is 0.272 e. The van der Waals surface area contributed by atoms with Crippen molar-refractivity contribution in [2.45, 2.75) is 33.3 Å². The number of hydrogen-bond acceptors (Lipinski definition) is 5. The number of nitrogens with one attached hydrogen (secondary N) is 2. The monoisotopic (exact) mass is 719 g/mol. The molecule has 6 rings (SSSR count). The molecule has 0 bridgehead atoms. The van der Waals surface area contributed by atoms with Crippen LogP contribution in [0.3, 0.4) is 0 Å². The third-order valence-electron chi connectivity index (χ3n) is 7.38. The molecule has 5 aromatic rings. The van der Waals surface area contributed by atoms with Gasteiger partial charge in [-0.2, -0.15) is 0 Å². The molecule has 2 N–H and O–H groups in total. The molecule has 1 aliphatic rings. The van der Waals surface area contributed by atoms with Crippen LogP contribution in [0.5, 0.6) is 0 Å². The molecule has 0 saturated carbocycles. The second-order valence-corrected chi connectivity index (χ2v) is 13.9. The predicted molar refractivity (Wildman–Crippen MR) is 195 cm³/mol. The number of anilines is 3. The van der Waals surface area contributed by atoms with Gasteiger partial charge in [-0.15, -0.1) is 11.8 Å². The highest BCUT2D eigenvalue weighted by molar-refractivity contribution is 9.10. The first-order valence-electron chi connectivity index (χ1n) is 15.0. The summed E-state index contributed by atoms with van der Waals surface area (Å²) in [5.41, 5.74) is 3.59. The van der Waals surface area contributed by atoms with E-state index < -0.39 is 11.8 Å². The van der Waals surface area contributed by atoms with Gasteiger partial charge in [0.15, 0.2) is 0 Å². The predicted octanol–water partition coefficient (Wildman–Crippen LogP) is 9.56. The van der Waals surface area contributed by atoms with Crippen LogP contribution in [0, 0.1) is 0 Å². The molecule has 0 aromatic heterocycles. The van der Waals surface area contributed by atoms with Crippen LogP contribution >= 0.6 is 39.5 Å². The van der Waals surface area contributed by atoms with E-state index in [2.05, 4.69) is 26.6 Å². The Morgan fingerprint density at radius 1 is 0.809 bits per heavy atom. The van der Waals surface area contributed by atoms with Gasteiger partial charge in [0.25, 0.3) is 11.8 Å². The summed E-state index contributed by atoms with van der Waals surface area (Å²) in [6, 6.07) is 39.5. The molecule has 9 heteroatoms. The normalized spacial score (nSPS) is 12.8. The fourth-order valence-corrected chi connectivity index (χ4v) is 7.45. The highest BCUT2D eigenvalue weighted by Crippen LogP contribution is 2.49. The highest BCUT2D eigenvalue weighted by Gasteiger charge is 2.32. The molecule has 0 aliphatic carbocycles. The number of thioether (sulfide) groups is 1. The van der Waals surface area contributed by atoms with Crippen LogP contribution in [0.4, 0.5) is 17.1 Å². The van der Waals surface area contributed by atoms with Crippen molar-refractivity contribution in [3.8, 4) is 0 Å². The Balaban J connectivity index is 1.22. The molecule has 1 aliphatic heterocycles. The molecule has 1 atom stereocenters. The van der Waals surface area contributed by atoms with Crippen LogP contribution in [0.2, 0.25) is 0 Å². The minimum absolute atomic E-state index is 0.00418. The average Bonchev–Trinajstić information content (AvgIpc) is 3.10. The maximum absolute atomic E-state index is 14.2. The first-order valence-corrected chi connectivity index (χ1v) is 17.5. The molecule has 0 saturated heterocycles. The third kappa shape index (κ3) is 7.71. The molecule has 0 radical (unpaired) electrons. The van der Waals surface area contributed by atoms with Crippen LogP contribution in [0.25, 0.3) is 6.08 Å². The van der Waals surface area contributed by atoms with Crippen molar-refractivity contribution < 1.29 is 14.4 Å². The van der Waals surface area contributed by atoms with Crippen molar-refractivity contribution in [2.75, 3.05) is 10.2 Å². The number of hydrogen-bond donors (Lipinski definition) is 2. The molecule has 1 unspecified atom stereocenters. The third-order valence-corrected chi connectivity index (χ3v) is 10.4. The van der Waals surface area contributed by atoms with E-state index >= 15 is 0 Å². The molecule has 0 fully saturated rings. The second-order valence-electron chi connectivity index (χ2n) is 10.6. The smallest absolute Gasteiger partial charge is 0.272 e. The van der Waals surface area contributed by atoms with Crippen LogP contribution in [0.1, 0.15) is 29.3 Å². The van der Waals surface area contributed by atoms with E-state index in [4.69, 9.17) is 0 Å². The van der Waals surface area contributed by atoms with Crippen LogP contribution in [-0.4, -0.2) is 23.0 Å². The number of rotatable bonds is 9. The molecular formula is C38H30BrN3O3S2. The lowest BCUT2D eigenvalue weighted by Crippen LogP contribution is -2.35. The molecule has 5 aromatic carbocycles. The average molecular weight is 721 g/mol. The van der Waals surface area contributed by atoms with Gasteiger partial charge in [0, 0.05) is 30.4 Å². The Bertz CT molecular complexity index is 1920. The lowest BCUT2D eigenvalue weighted by Gasteiger charge is -2.33. The van der Waals surface area contributed by atoms with E-state index in [1.54, 1.807) is 48.2 Å². The Hall–Kier alpha value is -4.57. The number of halogens is 1. The van der Waals surface area contributed by atoms with E-state index in [-0.39, 0.29) is 16.9 Å². The van der Waals surface area contributed by atoms with Crippen LogP contribution in [-0.2, 0) is 9.59 Å². The van der Waals surface area contributed by atoms with Gasteiger partial charge in [-0.25, -0.2) is 0 Å². The molecule has 47 heavy (non-hydrogen) atoms. The van der Waals surface area contributed by atoms with Crippen molar-refractivity contribution >= 4 is 80.3 Å². The first kappa shape index (κ1) is 32.4. The standard InChI is InChI=1S/C38H30BrN3O3S2/c1-2-33(38(45)42-31-15-6-8-17-34(31)47-35-18-9-7-16-32(35)42)46-29-14-10-13-28(24-29)40-37(44)30(23-25-19-21-27(39)22-20-25)41-36(43)26-11-4-3-5-12-26/h3-24,33H,2H2,1H3,(H,40,44)(H,41,43)/b30-23-. The van der Waals surface area contributed by atoms with Gasteiger partial charge in [-0.1, -0.05) is 95.3 Å². The van der Waals surface area contributed by atoms with Crippen LogP contribution < -0.4 is 15.5 Å². The summed E-state index contributed by atoms with van der Waals surface area (Å²) in [6.07, 6.45) is 2.25. The Morgan fingerprint density at radius 2 is 1.45 bits per heavy atom. The number of fused-ring (bicyclic) bond motifs is 2. The molecule has 0 spiro atoms. The summed E-state index contributed by atoms with van der Waals surface area (Å²) >= 11 is 6.56. The van der Waals surface area contributed by atoms with E-state index in [1.165, 1.54) is 11.8 Å². The van der Waals surface area contributed by atoms with Gasteiger partial charge in [-0.05, 0) is 84.8 Å². The zero-order chi connectivity index (χ0) is 32.8. The fraction of sp³-hybridized carbons (Fsp3) is 0.0789. The van der Waals surface area contributed by atoms with Crippen molar-refractivity contribution in [3.05, 3.63) is 149 Å². The topological polar surface area (TPSA) is 78.5 Å². The van der Waals surface area contributed by atoms with Gasteiger partial charge in [0.2, 0.25) is 5.91 Å². The first-order chi connectivity index (χ1) is 22.9. The summed E-state index contributed by atoms with van der Waals surface area (Å²) in [5.74, 6) is -0.867. The van der Waals surface area contributed by atoms with E-state index in [0.717, 1.165) is 36.1 Å². The van der Waals surface area contributed by atoms with E-state index in [0.29, 0.717) is 17.7 Å². The molecule has 3 amide bonds. The van der Waals surface area contributed by atoms with Gasteiger partial charge in [0.05, 0.1) is 16.6 Å². The summed E-state index contributed by atoms with van der Waals surface area (Å²) in [7, 11) is 0. The van der Waals surface area contributed by atoms with Gasteiger partial charge in [0.1, 0.15) is 5.70 Å². The molecule has 234 valence electrons. The molecule has 6 nitrogen and oxygen atoms in total. The van der Waals surface area contributed by atoms with Gasteiger partial charge >= 0.3 is 0 Å². The summed E-state index contributed by atoms with van der Waals surface area (Å²) in [5, 5.41) is 5.35. The number of carbonyl (C=O) groups excluding carboxylic acids is 3. The summed E-state index contributed by atoms with van der Waals surface area (Å²) in [6.45, 7) is 2.01. The lowest BCUT2D eigenvalue weighted by atomic mass is 10.1. The number of carbonyl (C=O) groups is 3. The minimum atomic E-state index is -0.471. The maximum atomic E-state index is 14.2. The van der Waals surface area contributed by atoms with Crippen molar-refractivity contribution in [1.82, 2.24) is 5.32 Å². The number of amides is 3. The SMILES string of the molecule is CCC(Sc1cccc(NC(=O)/C(=C/c2ccc(Br)cc2)NC(=O)c2ccccc2)c1)C(=O)N1c2ccccc2Sc2ccccc21. The Labute approximate surface area is 290 Å². The zero-order valence-electron chi connectivity index (χ0n) is 25.4. The van der Waals surface area contributed by atoms with Crippen molar-refractivity contribution in [3.63, 3.8) is 0 Å². The highest BCUT2D eigenvalue weighted by atomic mass is 79.9. The largest absolute Gasteiger partial charge is 0.321 e. The quantitative estimate of drug-likeness (QED) is 0.117. The van der Waals surface area contributed by atoms with E-state index in [9.17, 15) is 14.4 Å². The van der Waals surface area contributed by atoms with Gasteiger partial charge < -0.3 is 10.6 Å². The van der Waals surface area contributed by atoms with E-state index in [1.807, 2.05) is 109 Å². The van der Waals surface area contributed by atoms with Crippen LogP contribution in [0.15, 0.2) is 152 Å². The van der Waals surface area contributed by atoms with Gasteiger partial charge in [-0.3, -0.25) is 19.3 Å². The second kappa shape index (κ2) is 14.9. The fourth-order valence-electron chi connectivity index (χ4n) is 5.07. The van der Waals surface area contributed by atoms with Crippen molar-refractivity contribution in [2.24, 2.45) is 0 Å². The number of nitrogens with zero attached hydrogens (tertiary/aromatic N) is 1. The zero-order valence-corrected chi connectivity index (χ0v) is 28.6. The summed E-state index contributed by atoms with van der Waals surface area (Å²) < 4.78 is 0.903. The Morgan fingerprint density at radius 3 is 2.11 bits per heavy atom. The number of benzene rings is 5. The molecule has 1 heterocycles. The Kier molecular flexibility index (Phi) is 10.3. The lowest BCUT2D eigenvalue weighted by molar-refractivity contribution is -0.117. The molecular weight excluding hydrogens is 690 g/mol. The van der Waals surface area contributed by atoms with Crippen molar-refractivity contribution in [1.29, 1.82) is 0 Å².